The fourth-order valence-electron chi connectivity index (χ4n) is 2.22. The Morgan fingerprint density at radius 2 is 1.94 bits per heavy atom. The molecular weight excluding hydrogens is 210 g/mol. The number of amides is 1. The van der Waals surface area contributed by atoms with Gasteiger partial charge in [-0.25, -0.2) is 4.79 Å². The second-order valence-electron chi connectivity index (χ2n) is 4.93. The minimum atomic E-state index is -0.981. The number of ether oxygens (including phenoxy) is 1. The molecule has 2 rings (SSSR count). The quantitative estimate of drug-likeness (QED) is 0.743. The third kappa shape index (κ3) is 2.19. The van der Waals surface area contributed by atoms with Gasteiger partial charge < -0.3 is 15.2 Å². The van der Waals surface area contributed by atoms with Gasteiger partial charge in [0.1, 0.15) is 6.10 Å². The van der Waals surface area contributed by atoms with Crippen molar-refractivity contribution < 1.29 is 19.4 Å². The number of rotatable bonds is 3. The SMILES string of the molecule is CC1(NC(=O)[C@@H]2CC[C@H](C(=O)O)O2)CCC1. The molecule has 0 unspecified atom stereocenters. The van der Waals surface area contributed by atoms with Crippen LogP contribution < -0.4 is 5.32 Å². The normalized spacial score (nSPS) is 31.8. The van der Waals surface area contributed by atoms with Crippen LogP contribution in [0.1, 0.15) is 39.0 Å². The van der Waals surface area contributed by atoms with Crippen LogP contribution in [-0.2, 0) is 14.3 Å². The number of carboxylic acids is 1. The van der Waals surface area contributed by atoms with Crippen LogP contribution in [0.4, 0.5) is 0 Å². The van der Waals surface area contributed by atoms with E-state index in [0.717, 1.165) is 19.3 Å². The van der Waals surface area contributed by atoms with E-state index in [0.29, 0.717) is 12.8 Å². The van der Waals surface area contributed by atoms with E-state index in [2.05, 4.69) is 5.32 Å². The number of hydrogen-bond donors (Lipinski definition) is 2. The summed E-state index contributed by atoms with van der Waals surface area (Å²) in [6.07, 6.45) is 2.65. The van der Waals surface area contributed by atoms with E-state index in [1.54, 1.807) is 0 Å². The molecule has 1 heterocycles. The van der Waals surface area contributed by atoms with Crippen molar-refractivity contribution in [1.82, 2.24) is 5.32 Å². The largest absolute Gasteiger partial charge is 0.479 e. The van der Waals surface area contributed by atoms with Crippen LogP contribution in [0.2, 0.25) is 0 Å². The van der Waals surface area contributed by atoms with Gasteiger partial charge in [-0.05, 0) is 39.0 Å². The van der Waals surface area contributed by atoms with Crippen molar-refractivity contribution in [2.24, 2.45) is 0 Å². The fraction of sp³-hybridized carbons (Fsp3) is 0.818. The lowest BCUT2D eigenvalue weighted by atomic mass is 9.78. The van der Waals surface area contributed by atoms with Crippen molar-refractivity contribution >= 4 is 11.9 Å². The molecule has 2 fully saturated rings. The number of carbonyl (C=O) groups excluding carboxylic acids is 1. The second-order valence-corrected chi connectivity index (χ2v) is 4.93. The summed E-state index contributed by atoms with van der Waals surface area (Å²) in [6.45, 7) is 2.01. The Morgan fingerprint density at radius 1 is 1.31 bits per heavy atom. The molecule has 0 aromatic heterocycles. The maximum Gasteiger partial charge on any atom is 0.332 e. The first-order valence-corrected chi connectivity index (χ1v) is 5.70. The highest BCUT2D eigenvalue weighted by atomic mass is 16.5. The molecule has 2 atom stereocenters. The lowest BCUT2D eigenvalue weighted by Crippen LogP contribution is -2.53. The number of nitrogens with one attached hydrogen (secondary N) is 1. The summed E-state index contributed by atoms with van der Waals surface area (Å²) in [4.78, 5) is 22.5. The van der Waals surface area contributed by atoms with Crippen molar-refractivity contribution in [2.45, 2.75) is 56.8 Å². The Labute approximate surface area is 94.2 Å². The van der Waals surface area contributed by atoms with Crippen LogP contribution in [0.3, 0.4) is 0 Å². The molecule has 1 saturated carbocycles. The molecule has 2 N–H and O–H groups in total. The van der Waals surface area contributed by atoms with Crippen LogP contribution in [0.25, 0.3) is 0 Å². The summed E-state index contributed by atoms with van der Waals surface area (Å²) in [7, 11) is 0. The lowest BCUT2D eigenvalue weighted by molar-refractivity contribution is -0.152. The molecule has 0 aromatic carbocycles. The standard InChI is InChI=1S/C11H17NO4/c1-11(5-2-6-11)12-9(13)7-3-4-8(16-7)10(14)15/h7-8H,2-6H2,1H3,(H,12,13)(H,14,15)/t7-,8+/m0/s1. The molecule has 1 aliphatic carbocycles. The zero-order chi connectivity index (χ0) is 11.8. The molecule has 1 saturated heterocycles. The molecule has 1 aliphatic heterocycles. The molecule has 0 bridgehead atoms. The van der Waals surface area contributed by atoms with E-state index in [1.165, 1.54) is 0 Å². The van der Waals surface area contributed by atoms with Crippen LogP contribution in [0.5, 0.6) is 0 Å². The van der Waals surface area contributed by atoms with E-state index in [-0.39, 0.29) is 11.4 Å². The smallest absolute Gasteiger partial charge is 0.332 e. The minimum Gasteiger partial charge on any atom is -0.479 e. The summed E-state index contributed by atoms with van der Waals surface area (Å²) in [6, 6.07) is 0. The van der Waals surface area contributed by atoms with Crippen molar-refractivity contribution in [3.05, 3.63) is 0 Å². The topological polar surface area (TPSA) is 75.6 Å². The van der Waals surface area contributed by atoms with E-state index < -0.39 is 18.2 Å². The average Bonchev–Trinajstić information content (AvgIpc) is 2.64. The van der Waals surface area contributed by atoms with Gasteiger partial charge in [-0.1, -0.05) is 0 Å². The summed E-state index contributed by atoms with van der Waals surface area (Å²) < 4.78 is 5.19. The second kappa shape index (κ2) is 4.05. The molecular formula is C11H17NO4. The zero-order valence-corrected chi connectivity index (χ0v) is 9.36. The van der Waals surface area contributed by atoms with Crippen molar-refractivity contribution in [3.8, 4) is 0 Å². The lowest BCUT2D eigenvalue weighted by Gasteiger charge is -2.39. The molecule has 2 aliphatic rings. The Morgan fingerprint density at radius 3 is 2.38 bits per heavy atom. The van der Waals surface area contributed by atoms with Crippen LogP contribution >= 0.6 is 0 Å². The number of aliphatic carboxylic acids is 1. The first-order chi connectivity index (χ1) is 7.50. The van der Waals surface area contributed by atoms with Crippen LogP contribution in [0.15, 0.2) is 0 Å². The highest BCUT2D eigenvalue weighted by molar-refractivity contribution is 5.83. The highest BCUT2D eigenvalue weighted by Gasteiger charge is 2.39. The van der Waals surface area contributed by atoms with Gasteiger partial charge in [-0.15, -0.1) is 0 Å². The summed E-state index contributed by atoms with van der Waals surface area (Å²) in [5.74, 6) is -1.14. The molecule has 16 heavy (non-hydrogen) atoms. The maximum atomic E-state index is 11.8. The number of carbonyl (C=O) groups is 2. The van der Waals surface area contributed by atoms with Gasteiger partial charge in [0.15, 0.2) is 6.10 Å². The van der Waals surface area contributed by atoms with E-state index in [4.69, 9.17) is 9.84 Å². The summed E-state index contributed by atoms with van der Waals surface area (Å²) in [5.41, 5.74) is -0.0955. The molecule has 5 heteroatoms. The summed E-state index contributed by atoms with van der Waals surface area (Å²) in [5, 5.41) is 11.7. The molecule has 0 spiro atoms. The molecule has 5 nitrogen and oxygen atoms in total. The molecule has 0 radical (unpaired) electrons. The van der Waals surface area contributed by atoms with E-state index in [1.807, 2.05) is 6.92 Å². The van der Waals surface area contributed by atoms with Crippen molar-refractivity contribution in [1.29, 1.82) is 0 Å². The van der Waals surface area contributed by atoms with E-state index in [9.17, 15) is 9.59 Å². The van der Waals surface area contributed by atoms with Crippen LogP contribution in [0, 0.1) is 0 Å². The molecule has 90 valence electrons. The molecule has 0 aromatic rings. The minimum absolute atomic E-state index is 0.0955. The maximum absolute atomic E-state index is 11.8. The van der Waals surface area contributed by atoms with Gasteiger partial charge in [0.05, 0.1) is 0 Å². The highest BCUT2D eigenvalue weighted by Crippen LogP contribution is 2.31. The Bertz CT molecular complexity index is 311. The van der Waals surface area contributed by atoms with Crippen molar-refractivity contribution in [3.63, 3.8) is 0 Å². The first kappa shape index (κ1) is 11.4. The monoisotopic (exact) mass is 227 g/mol. The van der Waals surface area contributed by atoms with Gasteiger partial charge in [0, 0.05) is 5.54 Å². The average molecular weight is 227 g/mol. The zero-order valence-electron chi connectivity index (χ0n) is 9.36. The summed E-state index contributed by atoms with van der Waals surface area (Å²) >= 11 is 0. The van der Waals surface area contributed by atoms with Gasteiger partial charge in [-0.3, -0.25) is 4.79 Å². The van der Waals surface area contributed by atoms with Crippen LogP contribution in [-0.4, -0.2) is 34.7 Å². The van der Waals surface area contributed by atoms with Gasteiger partial charge in [-0.2, -0.15) is 0 Å². The predicted octanol–water partition coefficient (Wildman–Crippen LogP) is 0.677. The van der Waals surface area contributed by atoms with Gasteiger partial charge >= 0.3 is 5.97 Å². The van der Waals surface area contributed by atoms with E-state index >= 15 is 0 Å². The van der Waals surface area contributed by atoms with Gasteiger partial charge in [0.25, 0.3) is 0 Å². The number of carboxylic acid groups (broad SMARTS) is 1. The number of hydrogen-bond acceptors (Lipinski definition) is 3. The third-order valence-electron chi connectivity index (χ3n) is 3.47. The Balaban J connectivity index is 1.84. The Hall–Kier alpha value is -1.10. The fourth-order valence-corrected chi connectivity index (χ4v) is 2.22. The van der Waals surface area contributed by atoms with Gasteiger partial charge in [0.2, 0.25) is 5.91 Å². The molecule has 1 amide bonds. The first-order valence-electron chi connectivity index (χ1n) is 5.70. The predicted molar refractivity (Wildman–Crippen MR) is 55.9 cm³/mol. The third-order valence-corrected chi connectivity index (χ3v) is 3.47. The van der Waals surface area contributed by atoms with Crippen molar-refractivity contribution in [2.75, 3.05) is 0 Å². The Kier molecular flexibility index (Phi) is 2.88.